The van der Waals surface area contributed by atoms with Gasteiger partial charge in [0.15, 0.2) is 23.2 Å². The van der Waals surface area contributed by atoms with Gasteiger partial charge in [-0.25, -0.2) is 19.8 Å². The zero-order valence-electron chi connectivity index (χ0n) is 35.7. The first-order chi connectivity index (χ1) is 32.7. The van der Waals surface area contributed by atoms with Crippen molar-refractivity contribution in [3.63, 3.8) is 0 Å². The fourth-order valence-corrected chi connectivity index (χ4v) is 9.64. The molecule has 12 rings (SSSR count). The van der Waals surface area contributed by atoms with Crippen LogP contribution in [-0.2, 0) is 0 Å². The second-order valence-electron chi connectivity index (χ2n) is 16.6. The quantitative estimate of drug-likeness (QED) is 0.143. The van der Waals surface area contributed by atoms with Gasteiger partial charge in [-0.2, -0.15) is 0 Å². The van der Waals surface area contributed by atoms with E-state index in [2.05, 4.69) is 187 Å². The second kappa shape index (κ2) is 16.3. The van der Waals surface area contributed by atoms with Crippen molar-refractivity contribution < 1.29 is 0 Å². The minimum Gasteiger partial charge on any atom is -0.237 e. The molecule has 0 bridgehead atoms. The van der Waals surface area contributed by atoms with Crippen molar-refractivity contribution in [3.8, 4) is 112 Å². The van der Waals surface area contributed by atoms with Gasteiger partial charge in [-0.3, -0.25) is 0 Å². The number of hydrogen-bond donors (Lipinski definition) is 0. The molecule has 0 atom stereocenters. The van der Waals surface area contributed by atoms with Crippen LogP contribution in [0.25, 0.3) is 128 Å². The zero-order chi connectivity index (χ0) is 44.0. The summed E-state index contributed by atoms with van der Waals surface area (Å²) in [4.78, 5) is 19.2. The maximum atomic E-state index is 8.38. The Labute approximate surface area is 383 Å². The van der Waals surface area contributed by atoms with Gasteiger partial charge in [0.05, 0.1) is 6.57 Å². The third-order valence-electron chi connectivity index (χ3n) is 12.7. The molecule has 66 heavy (non-hydrogen) atoms. The normalized spacial score (nSPS) is 11.3. The lowest BCUT2D eigenvalue weighted by Crippen LogP contribution is -2.00. The van der Waals surface area contributed by atoms with Crippen molar-refractivity contribution in [1.29, 1.82) is 0 Å². The fourth-order valence-electron chi connectivity index (χ4n) is 9.64. The Morgan fingerprint density at radius 3 is 1.44 bits per heavy atom. The van der Waals surface area contributed by atoms with E-state index in [1.54, 1.807) is 0 Å². The number of benzene rings is 10. The second-order valence-corrected chi connectivity index (χ2v) is 16.6. The van der Waals surface area contributed by atoms with E-state index in [1.165, 1.54) is 38.6 Å². The molecule has 306 valence electrons. The molecule has 4 nitrogen and oxygen atoms in total. The lowest BCUT2D eigenvalue weighted by molar-refractivity contribution is 1.07. The summed E-state index contributed by atoms with van der Waals surface area (Å²) in [6, 6.07) is 80.4. The van der Waals surface area contributed by atoms with E-state index in [1.807, 2.05) is 48.5 Å². The molecule has 4 heteroatoms. The first-order valence-electron chi connectivity index (χ1n) is 22.1. The predicted octanol–water partition coefficient (Wildman–Crippen LogP) is 16.6. The molecule has 0 spiro atoms. The Morgan fingerprint density at radius 1 is 0.273 bits per heavy atom. The molecule has 1 aliphatic carbocycles. The smallest absolute Gasteiger partial charge is 0.195 e. The molecule has 0 amide bonds. The van der Waals surface area contributed by atoms with Crippen LogP contribution in [0.4, 0.5) is 5.69 Å². The van der Waals surface area contributed by atoms with E-state index in [0.29, 0.717) is 23.2 Å². The number of aromatic nitrogens is 3. The van der Waals surface area contributed by atoms with Gasteiger partial charge in [-0.15, -0.1) is 0 Å². The number of hydrogen-bond acceptors (Lipinski definition) is 3. The molecule has 0 saturated heterocycles. The summed E-state index contributed by atoms with van der Waals surface area (Å²) in [6.45, 7) is 8.38. The van der Waals surface area contributed by atoms with Crippen molar-refractivity contribution >= 4 is 16.5 Å². The third-order valence-corrected chi connectivity index (χ3v) is 12.7. The van der Waals surface area contributed by atoms with Gasteiger partial charge in [-0.1, -0.05) is 218 Å². The Kier molecular flexibility index (Phi) is 9.51. The van der Waals surface area contributed by atoms with Gasteiger partial charge >= 0.3 is 0 Å². The van der Waals surface area contributed by atoms with Crippen molar-refractivity contribution in [2.45, 2.75) is 0 Å². The summed E-state index contributed by atoms with van der Waals surface area (Å²) in [7, 11) is 0. The van der Waals surface area contributed by atoms with Crippen molar-refractivity contribution in [1.82, 2.24) is 15.0 Å². The number of nitrogens with zero attached hydrogens (tertiary/aromatic N) is 4. The van der Waals surface area contributed by atoms with Crippen LogP contribution in [-0.4, -0.2) is 15.0 Å². The number of rotatable bonds is 8. The molecule has 11 aromatic rings. The van der Waals surface area contributed by atoms with Crippen LogP contribution in [0.5, 0.6) is 0 Å². The highest BCUT2D eigenvalue weighted by Gasteiger charge is 2.25. The van der Waals surface area contributed by atoms with E-state index in [0.717, 1.165) is 66.8 Å². The van der Waals surface area contributed by atoms with Gasteiger partial charge < -0.3 is 0 Å². The molecule has 1 heterocycles. The molecule has 10 aromatic carbocycles. The molecular formula is C62H38N4. The van der Waals surface area contributed by atoms with Gasteiger partial charge in [0.1, 0.15) is 0 Å². The summed E-state index contributed by atoms with van der Waals surface area (Å²) in [5.74, 6) is 1.80. The standard InChI is InChI=1S/C62H38N4/c1-63-56-31-15-29-50(41-32-34-44(35-33-41)61-64-60(43-18-6-3-7-19-43)65-62(66-61)48-24-12-21-45(38-48)40-16-4-2-5-17-40)58(56)53-27-10-8-25-49(53)46-22-13-23-47(39-46)51-37-36-42-20-14-30-54-52-26-9-11-28-55(52)59(51)57(42)54/h2-39H. The molecule has 0 N–H and O–H groups in total. The molecule has 1 aromatic heterocycles. The summed E-state index contributed by atoms with van der Waals surface area (Å²) in [6.07, 6.45) is 0. The van der Waals surface area contributed by atoms with Gasteiger partial charge in [0, 0.05) is 16.7 Å². The van der Waals surface area contributed by atoms with E-state index in [4.69, 9.17) is 21.5 Å². The first-order valence-corrected chi connectivity index (χ1v) is 22.1. The molecule has 0 aliphatic heterocycles. The highest BCUT2D eigenvalue weighted by Crippen LogP contribution is 2.52. The van der Waals surface area contributed by atoms with E-state index < -0.39 is 0 Å². The molecule has 0 radical (unpaired) electrons. The Hall–Kier alpha value is -9.04. The zero-order valence-corrected chi connectivity index (χ0v) is 35.7. The number of fused-ring (bicyclic) bond motifs is 3. The van der Waals surface area contributed by atoms with Crippen LogP contribution in [0.1, 0.15) is 0 Å². The van der Waals surface area contributed by atoms with Gasteiger partial charge in [0.2, 0.25) is 0 Å². The average Bonchev–Trinajstić information content (AvgIpc) is 3.74. The van der Waals surface area contributed by atoms with E-state index in [-0.39, 0.29) is 0 Å². The van der Waals surface area contributed by atoms with E-state index in [9.17, 15) is 0 Å². The van der Waals surface area contributed by atoms with Crippen LogP contribution in [0.15, 0.2) is 231 Å². The van der Waals surface area contributed by atoms with Crippen molar-refractivity contribution in [2.24, 2.45) is 0 Å². The summed E-state index contributed by atoms with van der Waals surface area (Å²) < 4.78 is 0. The van der Waals surface area contributed by atoms with Crippen LogP contribution in [0, 0.1) is 6.57 Å². The molecule has 0 unspecified atom stereocenters. The van der Waals surface area contributed by atoms with Crippen molar-refractivity contribution in [3.05, 3.63) is 242 Å². The highest BCUT2D eigenvalue weighted by molar-refractivity contribution is 6.19. The SMILES string of the molecule is [C-]#[N+]c1cccc(-c2ccc(-c3nc(-c4ccccc4)nc(-c4cccc(-c5ccccc5)c4)n3)cc2)c1-c1ccccc1-c1cccc(-c2ccc3cccc4c3c2-c2ccccc2-4)c1. The van der Waals surface area contributed by atoms with E-state index >= 15 is 0 Å². The maximum Gasteiger partial charge on any atom is 0.195 e. The Morgan fingerprint density at radius 2 is 0.727 bits per heavy atom. The average molecular weight is 839 g/mol. The molecular weight excluding hydrogens is 801 g/mol. The largest absolute Gasteiger partial charge is 0.237 e. The summed E-state index contributed by atoms with van der Waals surface area (Å²) in [5, 5.41) is 2.56. The molecule has 0 fully saturated rings. The summed E-state index contributed by atoms with van der Waals surface area (Å²) >= 11 is 0. The van der Waals surface area contributed by atoms with Crippen LogP contribution in [0.2, 0.25) is 0 Å². The van der Waals surface area contributed by atoms with Crippen molar-refractivity contribution in [2.75, 3.05) is 0 Å². The summed E-state index contributed by atoms with van der Waals surface area (Å²) in [5.41, 5.74) is 19.0. The highest BCUT2D eigenvalue weighted by atomic mass is 15.0. The molecule has 1 aliphatic rings. The minimum atomic E-state index is 0.584. The Bertz CT molecular complexity index is 3700. The van der Waals surface area contributed by atoms with Crippen LogP contribution >= 0.6 is 0 Å². The van der Waals surface area contributed by atoms with Crippen LogP contribution in [0.3, 0.4) is 0 Å². The Balaban J connectivity index is 0.939. The minimum absolute atomic E-state index is 0.584. The fraction of sp³-hybridized carbons (Fsp3) is 0. The first kappa shape index (κ1) is 38.6. The third kappa shape index (κ3) is 6.75. The van der Waals surface area contributed by atoms with Gasteiger partial charge in [0.25, 0.3) is 0 Å². The van der Waals surface area contributed by atoms with Gasteiger partial charge in [-0.05, 0) is 101 Å². The monoisotopic (exact) mass is 838 g/mol. The molecule has 0 saturated carbocycles. The lowest BCUT2D eigenvalue weighted by Gasteiger charge is -2.18. The maximum absolute atomic E-state index is 8.38. The lowest BCUT2D eigenvalue weighted by atomic mass is 9.87. The topological polar surface area (TPSA) is 43.0 Å². The predicted molar refractivity (Wildman–Crippen MR) is 272 cm³/mol. The van der Waals surface area contributed by atoms with Crippen LogP contribution < -0.4 is 0 Å².